The van der Waals surface area contributed by atoms with Crippen LogP contribution in [0, 0.1) is 5.82 Å². The molecule has 33 heavy (non-hydrogen) atoms. The summed E-state index contributed by atoms with van der Waals surface area (Å²) < 4.78 is 48.7. The topological polar surface area (TPSA) is 158 Å². The van der Waals surface area contributed by atoms with Gasteiger partial charge in [-0.15, -0.1) is 0 Å². The van der Waals surface area contributed by atoms with Gasteiger partial charge in [-0.05, 0) is 19.1 Å². The maximum atomic E-state index is 13.6. The summed E-state index contributed by atoms with van der Waals surface area (Å²) in [6.07, 6.45) is -2.83. The van der Waals surface area contributed by atoms with Gasteiger partial charge < -0.3 is 19.1 Å². The molecule has 0 radical (unpaired) electrons. The van der Waals surface area contributed by atoms with Crippen LogP contribution in [0.1, 0.15) is 19.6 Å². The number of H-pyrrole nitrogens is 1. The van der Waals surface area contributed by atoms with E-state index in [0.29, 0.717) is 6.20 Å². The van der Waals surface area contributed by atoms with Gasteiger partial charge in [0, 0.05) is 6.42 Å². The second-order valence-electron chi connectivity index (χ2n) is 7.15. The van der Waals surface area contributed by atoms with E-state index in [-0.39, 0.29) is 12.2 Å². The Hall–Kier alpha value is -2.83. The molecule has 1 fully saturated rings. The Morgan fingerprint density at radius 3 is 2.76 bits per heavy atom. The summed E-state index contributed by atoms with van der Waals surface area (Å²) in [5, 5.41) is 12.8. The molecule has 14 heteroatoms. The summed E-state index contributed by atoms with van der Waals surface area (Å²) in [4.78, 5) is 36.7. The third-order valence-corrected chi connectivity index (χ3v) is 6.37. The Balaban J connectivity index is 1.73. The van der Waals surface area contributed by atoms with Crippen molar-refractivity contribution in [2.45, 2.75) is 37.8 Å². The second-order valence-corrected chi connectivity index (χ2v) is 8.84. The van der Waals surface area contributed by atoms with Gasteiger partial charge in [-0.1, -0.05) is 18.2 Å². The van der Waals surface area contributed by atoms with Crippen LogP contribution in [0.25, 0.3) is 0 Å². The van der Waals surface area contributed by atoms with Crippen LogP contribution in [0.15, 0.2) is 46.1 Å². The molecule has 0 bridgehead atoms. The summed E-state index contributed by atoms with van der Waals surface area (Å²) in [6.45, 7) is 0.924. The Kier molecular flexibility index (Phi) is 7.82. The van der Waals surface area contributed by atoms with Crippen LogP contribution < -0.4 is 20.9 Å². The maximum absolute atomic E-state index is 13.6. The summed E-state index contributed by atoms with van der Waals surface area (Å²) in [7, 11) is -3.02. The van der Waals surface area contributed by atoms with Crippen molar-refractivity contribution in [1.82, 2.24) is 14.6 Å². The van der Waals surface area contributed by atoms with Gasteiger partial charge in [0.2, 0.25) is 5.82 Å². The van der Waals surface area contributed by atoms with Crippen molar-refractivity contribution < 1.29 is 37.4 Å². The number of benzene rings is 1. The van der Waals surface area contributed by atoms with Crippen LogP contribution >= 0.6 is 7.75 Å². The zero-order chi connectivity index (χ0) is 24.2. The molecule has 0 amide bonds. The fourth-order valence-corrected chi connectivity index (χ4v) is 4.56. The quantitative estimate of drug-likeness (QED) is 0.339. The van der Waals surface area contributed by atoms with Crippen molar-refractivity contribution in [3.05, 3.63) is 63.2 Å². The first-order chi connectivity index (χ1) is 15.6. The van der Waals surface area contributed by atoms with Gasteiger partial charge in [-0.2, -0.15) is 9.48 Å². The zero-order valence-corrected chi connectivity index (χ0v) is 18.6. The van der Waals surface area contributed by atoms with E-state index in [2.05, 4.69) is 9.82 Å². The molecule has 3 rings (SSSR count). The number of nitrogens with zero attached hydrogens (tertiary/aromatic N) is 1. The summed E-state index contributed by atoms with van der Waals surface area (Å²) >= 11 is 0. The predicted molar refractivity (Wildman–Crippen MR) is 111 cm³/mol. The van der Waals surface area contributed by atoms with E-state index in [9.17, 15) is 28.4 Å². The molecule has 0 spiro atoms. The Morgan fingerprint density at radius 2 is 2.09 bits per heavy atom. The highest BCUT2D eigenvalue weighted by molar-refractivity contribution is 7.52. The van der Waals surface area contributed by atoms with Gasteiger partial charge in [-0.3, -0.25) is 23.7 Å². The molecule has 12 nitrogen and oxygen atoms in total. The van der Waals surface area contributed by atoms with Crippen LogP contribution in [-0.2, 0) is 23.4 Å². The van der Waals surface area contributed by atoms with E-state index in [1.54, 1.807) is 23.2 Å². The lowest BCUT2D eigenvalue weighted by molar-refractivity contribution is -0.142. The molecule has 1 saturated heterocycles. The summed E-state index contributed by atoms with van der Waals surface area (Å²) in [5.41, 5.74) is -2.11. The number of methoxy groups -OCH3 is 1. The Labute approximate surface area is 186 Å². The molecule has 0 aliphatic carbocycles. The summed E-state index contributed by atoms with van der Waals surface area (Å²) in [5.74, 6) is -1.73. The molecule has 0 saturated carbocycles. The highest BCUT2D eigenvalue weighted by Gasteiger charge is 2.39. The minimum Gasteiger partial charge on any atom is -0.468 e. The van der Waals surface area contributed by atoms with Crippen molar-refractivity contribution in [3.8, 4) is 5.75 Å². The number of rotatable bonds is 9. The minimum absolute atomic E-state index is 0.130. The molecular formula is C19H23FN3O9P. The van der Waals surface area contributed by atoms with Crippen LogP contribution in [0.2, 0.25) is 0 Å². The monoisotopic (exact) mass is 487 g/mol. The molecule has 1 aromatic heterocycles. The first kappa shape index (κ1) is 24.8. The van der Waals surface area contributed by atoms with Gasteiger partial charge in [0.15, 0.2) is 0 Å². The highest BCUT2D eigenvalue weighted by atomic mass is 31.2. The third kappa shape index (κ3) is 6.15. The standard InChI is InChI=1S/C19H23FN3O9P/c1-11(18(26)29-2)22-33(28,32-12-6-4-3-5-7-12)30-10-15-14(24)8-16(31-15)23-9-13(20)17(25)21-19(23)27/h3-7,9,11,14-16,24H,8,10H2,1-2H3,(H,22,28)(H,21,25,27)/t11-,14-,15+,16+,33?/m0/s1. The van der Waals surface area contributed by atoms with Crippen molar-refractivity contribution in [3.63, 3.8) is 0 Å². The van der Waals surface area contributed by atoms with E-state index in [1.807, 2.05) is 0 Å². The zero-order valence-electron chi connectivity index (χ0n) is 17.7. The molecule has 2 heterocycles. The molecule has 3 N–H and O–H groups in total. The number of aromatic amines is 1. The number of ether oxygens (including phenoxy) is 2. The number of aromatic nitrogens is 2. The molecule has 5 atom stereocenters. The molecule has 1 unspecified atom stereocenters. The number of para-hydroxylation sites is 1. The van der Waals surface area contributed by atoms with E-state index in [0.717, 1.165) is 11.7 Å². The van der Waals surface area contributed by atoms with Gasteiger partial charge in [0.25, 0.3) is 5.56 Å². The highest BCUT2D eigenvalue weighted by Crippen LogP contribution is 2.45. The number of hydrogen-bond acceptors (Lipinski definition) is 9. The van der Waals surface area contributed by atoms with Crippen LogP contribution in [-0.4, -0.2) is 52.6 Å². The van der Waals surface area contributed by atoms with Crippen molar-refractivity contribution in [2.75, 3.05) is 13.7 Å². The fourth-order valence-electron chi connectivity index (χ4n) is 3.06. The molecule has 180 valence electrons. The Bertz CT molecular complexity index is 1140. The number of carbonyl (C=O) groups is 1. The number of aliphatic hydroxyl groups is 1. The minimum atomic E-state index is -4.18. The van der Waals surface area contributed by atoms with Gasteiger partial charge in [0.1, 0.15) is 24.1 Å². The lowest BCUT2D eigenvalue weighted by atomic mass is 10.2. The van der Waals surface area contributed by atoms with E-state index in [4.69, 9.17) is 13.8 Å². The smallest absolute Gasteiger partial charge is 0.459 e. The SMILES string of the molecule is COC(=O)[C@H](C)NP(=O)(OC[C@H]1O[C@@H](n2cc(F)c(=O)[nH]c2=O)C[C@@H]1O)Oc1ccccc1. The first-order valence-corrected chi connectivity index (χ1v) is 11.4. The second kappa shape index (κ2) is 10.4. The number of aliphatic hydroxyl groups excluding tert-OH is 1. The first-order valence-electron chi connectivity index (χ1n) is 9.81. The largest absolute Gasteiger partial charge is 0.468 e. The van der Waals surface area contributed by atoms with Crippen LogP contribution in [0.5, 0.6) is 5.75 Å². The van der Waals surface area contributed by atoms with Crippen LogP contribution in [0.4, 0.5) is 4.39 Å². The average Bonchev–Trinajstić information content (AvgIpc) is 3.15. The maximum Gasteiger partial charge on any atom is 0.459 e. The normalized spacial score (nSPS) is 23.0. The molecule has 1 aliphatic heterocycles. The van der Waals surface area contributed by atoms with Gasteiger partial charge in [-0.25, -0.2) is 9.36 Å². The lowest BCUT2D eigenvalue weighted by Crippen LogP contribution is -2.36. The number of halogens is 1. The molecule has 2 aromatic rings. The van der Waals surface area contributed by atoms with Crippen molar-refractivity contribution in [2.24, 2.45) is 0 Å². The Morgan fingerprint density at radius 1 is 1.39 bits per heavy atom. The predicted octanol–water partition coefficient (Wildman–Crippen LogP) is 0.679. The molecular weight excluding hydrogens is 464 g/mol. The van der Waals surface area contributed by atoms with E-state index >= 15 is 0 Å². The lowest BCUT2D eigenvalue weighted by Gasteiger charge is -2.24. The van der Waals surface area contributed by atoms with Crippen molar-refractivity contribution >= 4 is 13.7 Å². The average molecular weight is 487 g/mol. The van der Waals surface area contributed by atoms with Crippen molar-refractivity contribution in [1.29, 1.82) is 0 Å². The summed E-state index contributed by atoms with van der Waals surface area (Å²) in [6, 6.07) is 6.98. The van der Waals surface area contributed by atoms with Gasteiger partial charge >= 0.3 is 19.4 Å². The van der Waals surface area contributed by atoms with Crippen LogP contribution in [0.3, 0.4) is 0 Å². The third-order valence-electron chi connectivity index (χ3n) is 4.72. The molecule has 1 aromatic carbocycles. The van der Waals surface area contributed by atoms with Gasteiger partial charge in [0.05, 0.1) is 26.0 Å². The fraction of sp³-hybridized carbons (Fsp3) is 0.421. The number of nitrogens with one attached hydrogen (secondary N) is 2. The van der Waals surface area contributed by atoms with E-state index in [1.165, 1.54) is 19.1 Å². The van der Waals surface area contributed by atoms with E-state index < -0.39 is 61.9 Å². The number of esters is 1. The number of hydrogen-bond donors (Lipinski definition) is 3. The molecule has 1 aliphatic rings. The number of carbonyl (C=O) groups excluding carboxylic acids is 1.